The molecule has 0 amide bonds. The minimum atomic E-state index is -2.94. The van der Waals surface area contributed by atoms with Gasteiger partial charge in [0.25, 0.3) is 0 Å². The lowest BCUT2D eigenvalue weighted by atomic mass is 10.0. The maximum atomic E-state index is 12.3. The third-order valence-electron chi connectivity index (χ3n) is 2.83. The van der Waals surface area contributed by atoms with Crippen LogP contribution >= 0.6 is 0 Å². The number of phenolic OH excluding ortho intramolecular Hbond substituents is 1. The van der Waals surface area contributed by atoms with Crippen molar-refractivity contribution in [2.24, 2.45) is 0 Å². The Morgan fingerprint density at radius 3 is 2.50 bits per heavy atom. The van der Waals surface area contributed by atoms with Crippen molar-refractivity contribution in [2.45, 2.75) is 19.1 Å². The van der Waals surface area contributed by atoms with Gasteiger partial charge in [0.05, 0.1) is 6.10 Å². The number of aromatic hydroxyl groups is 1. The lowest BCUT2D eigenvalue weighted by Crippen LogP contribution is -2.08. The first kappa shape index (κ1) is 14.3. The van der Waals surface area contributed by atoms with Gasteiger partial charge in [0, 0.05) is 12.0 Å². The van der Waals surface area contributed by atoms with Crippen molar-refractivity contribution in [3.05, 3.63) is 59.7 Å². The smallest absolute Gasteiger partial charge is 0.387 e. The summed E-state index contributed by atoms with van der Waals surface area (Å²) >= 11 is 0. The van der Waals surface area contributed by atoms with Crippen LogP contribution in [0.2, 0.25) is 0 Å². The lowest BCUT2D eigenvalue weighted by Gasteiger charge is -2.16. The summed E-state index contributed by atoms with van der Waals surface area (Å²) in [5.41, 5.74) is 0.987. The van der Waals surface area contributed by atoms with Gasteiger partial charge in [-0.25, -0.2) is 0 Å². The summed E-state index contributed by atoms with van der Waals surface area (Å²) in [5.74, 6) is 0.0435. The number of aliphatic hydroxyl groups is 1. The van der Waals surface area contributed by atoms with Crippen molar-refractivity contribution >= 4 is 0 Å². The van der Waals surface area contributed by atoms with Gasteiger partial charge in [0.15, 0.2) is 0 Å². The Labute approximate surface area is 115 Å². The highest BCUT2D eigenvalue weighted by Crippen LogP contribution is 2.29. The van der Waals surface area contributed by atoms with Gasteiger partial charge in [-0.3, -0.25) is 0 Å². The fourth-order valence-electron chi connectivity index (χ4n) is 1.98. The Morgan fingerprint density at radius 1 is 1.05 bits per heavy atom. The molecule has 20 heavy (non-hydrogen) atoms. The summed E-state index contributed by atoms with van der Waals surface area (Å²) in [4.78, 5) is 0. The summed E-state index contributed by atoms with van der Waals surface area (Å²) in [7, 11) is 0. The Hall–Kier alpha value is -2.14. The topological polar surface area (TPSA) is 49.7 Å². The first-order chi connectivity index (χ1) is 9.56. The number of hydrogen-bond acceptors (Lipinski definition) is 3. The molecule has 0 aromatic heterocycles. The van der Waals surface area contributed by atoms with Crippen molar-refractivity contribution in [1.82, 2.24) is 0 Å². The number of hydrogen-bond donors (Lipinski definition) is 2. The number of phenols is 1. The van der Waals surface area contributed by atoms with Crippen LogP contribution in [0.5, 0.6) is 11.5 Å². The number of benzene rings is 2. The number of ether oxygens (including phenoxy) is 1. The molecule has 0 aliphatic heterocycles. The van der Waals surface area contributed by atoms with Crippen molar-refractivity contribution in [1.29, 1.82) is 0 Å². The largest absolute Gasteiger partial charge is 0.508 e. The monoisotopic (exact) mass is 280 g/mol. The molecule has 1 atom stereocenters. The van der Waals surface area contributed by atoms with Gasteiger partial charge < -0.3 is 14.9 Å². The van der Waals surface area contributed by atoms with Crippen LogP contribution in [0.25, 0.3) is 0 Å². The van der Waals surface area contributed by atoms with Crippen LogP contribution in [-0.2, 0) is 6.42 Å². The van der Waals surface area contributed by atoms with E-state index in [1.54, 1.807) is 24.3 Å². The second kappa shape index (κ2) is 6.34. The van der Waals surface area contributed by atoms with E-state index in [9.17, 15) is 19.0 Å². The normalized spacial score (nSPS) is 12.4. The van der Waals surface area contributed by atoms with E-state index in [1.165, 1.54) is 24.3 Å². The predicted molar refractivity (Wildman–Crippen MR) is 69.8 cm³/mol. The third-order valence-corrected chi connectivity index (χ3v) is 2.83. The Balaban J connectivity index is 2.18. The van der Waals surface area contributed by atoms with E-state index in [4.69, 9.17) is 0 Å². The fourth-order valence-corrected chi connectivity index (χ4v) is 1.98. The molecule has 106 valence electrons. The molecule has 0 fully saturated rings. The van der Waals surface area contributed by atoms with E-state index < -0.39 is 12.7 Å². The minimum absolute atomic E-state index is 0.0462. The quantitative estimate of drug-likeness (QED) is 0.883. The molecule has 0 aliphatic carbocycles. The van der Waals surface area contributed by atoms with Crippen LogP contribution in [0.4, 0.5) is 8.78 Å². The maximum absolute atomic E-state index is 12.3. The Kier molecular flexibility index (Phi) is 4.53. The van der Waals surface area contributed by atoms with Crippen LogP contribution in [0.15, 0.2) is 48.5 Å². The standard InChI is InChI=1S/C15H14F2O3/c16-15(17)20-14-7-2-1-6-12(14)13(19)9-10-4-3-5-11(18)8-10/h1-8,13,15,18-19H,9H2. The summed E-state index contributed by atoms with van der Waals surface area (Å²) in [5, 5.41) is 19.5. The Morgan fingerprint density at radius 2 is 1.80 bits per heavy atom. The van der Waals surface area contributed by atoms with Gasteiger partial charge >= 0.3 is 6.61 Å². The number of aliphatic hydroxyl groups excluding tert-OH is 1. The molecule has 0 bridgehead atoms. The molecule has 0 saturated carbocycles. The molecular formula is C15H14F2O3. The predicted octanol–water partition coefficient (Wildman–Crippen LogP) is 3.27. The van der Waals surface area contributed by atoms with Crippen LogP contribution < -0.4 is 4.74 Å². The average Bonchev–Trinajstić information content (AvgIpc) is 2.38. The molecule has 2 aromatic carbocycles. The van der Waals surface area contributed by atoms with E-state index in [0.29, 0.717) is 5.56 Å². The molecule has 0 aliphatic rings. The summed E-state index contributed by atoms with van der Waals surface area (Å²) in [6, 6.07) is 12.5. The summed E-state index contributed by atoms with van der Waals surface area (Å²) in [6.45, 7) is -2.94. The van der Waals surface area contributed by atoms with Crippen LogP contribution in [-0.4, -0.2) is 16.8 Å². The molecule has 0 radical (unpaired) electrons. The van der Waals surface area contributed by atoms with Crippen LogP contribution in [0.1, 0.15) is 17.2 Å². The SMILES string of the molecule is Oc1cccc(CC(O)c2ccccc2OC(F)F)c1. The molecule has 5 heteroatoms. The van der Waals surface area contributed by atoms with Gasteiger partial charge in [-0.1, -0.05) is 30.3 Å². The van der Waals surface area contributed by atoms with Crippen LogP contribution in [0.3, 0.4) is 0 Å². The highest BCUT2D eigenvalue weighted by molar-refractivity contribution is 5.37. The molecule has 1 unspecified atom stereocenters. The van der Waals surface area contributed by atoms with E-state index in [0.717, 1.165) is 0 Å². The molecule has 2 rings (SSSR count). The van der Waals surface area contributed by atoms with Gasteiger partial charge in [0.2, 0.25) is 0 Å². The molecule has 2 N–H and O–H groups in total. The molecule has 2 aromatic rings. The first-order valence-electron chi connectivity index (χ1n) is 6.06. The van der Waals surface area contributed by atoms with Crippen molar-refractivity contribution < 1.29 is 23.7 Å². The molecule has 0 saturated heterocycles. The fraction of sp³-hybridized carbons (Fsp3) is 0.200. The molecule has 0 heterocycles. The van der Waals surface area contributed by atoms with Crippen molar-refractivity contribution in [3.63, 3.8) is 0 Å². The zero-order chi connectivity index (χ0) is 14.5. The Bertz CT molecular complexity index is 573. The van der Waals surface area contributed by atoms with E-state index >= 15 is 0 Å². The first-order valence-corrected chi connectivity index (χ1v) is 6.06. The molecule has 0 spiro atoms. The highest BCUT2D eigenvalue weighted by atomic mass is 19.3. The minimum Gasteiger partial charge on any atom is -0.508 e. The number of para-hydroxylation sites is 1. The second-order valence-electron chi connectivity index (χ2n) is 4.31. The van der Waals surface area contributed by atoms with E-state index in [1.807, 2.05) is 0 Å². The summed E-state index contributed by atoms with van der Waals surface area (Å²) in [6.07, 6.45) is -0.801. The maximum Gasteiger partial charge on any atom is 0.387 e. The second-order valence-corrected chi connectivity index (χ2v) is 4.31. The number of alkyl halides is 2. The zero-order valence-corrected chi connectivity index (χ0v) is 10.5. The lowest BCUT2D eigenvalue weighted by molar-refractivity contribution is -0.0515. The van der Waals surface area contributed by atoms with Gasteiger partial charge in [-0.05, 0) is 23.8 Å². The van der Waals surface area contributed by atoms with Gasteiger partial charge in [-0.15, -0.1) is 0 Å². The number of rotatable bonds is 5. The average molecular weight is 280 g/mol. The van der Waals surface area contributed by atoms with Crippen LogP contribution in [0, 0.1) is 0 Å². The van der Waals surface area contributed by atoms with Crippen molar-refractivity contribution in [2.75, 3.05) is 0 Å². The third kappa shape index (κ3) is 3.68. The van der Waals surface area contributed by atoms with Crippen molar-refractivity contribution in [3.8, 4) is 11.5 Å². The molecular weight excluding hydrogens is 266 g/mol. The number of halogens is 2. The summed E-state index contributed by atoms with van der Waals surface area (Å²) < 4.78 is 29.0. The van der Waals surface area contributed by atoms with Gasteiger partial charge in [-0.2, -0.15) is 8.78 Å². The van der Waals surface area contributed by atoms with Gasteiger partial charge in [0.1, 0.15) is 11.5 Å². The highest BCUT2D eigenvalue weighted by Gasteiger charge is 2.16. The molecule has 3 nitrogen and oxygen atoms in total. The van der Waals surface area contributed by atoms with E-state index in [-0.39, 0.29) is 23.5 Å². The van der Waals surface area contributed by atoms with E-state index in [2.05, 4.69) is 4.74 Å². The zero-order valence-electron chi connectivity index (χ0n) is 10.5.